The Morgan fingerprint density at radius 3 is 2.78 bits per heavy atom. The Balaban J connectivity index is 2.59. The molecule has 18 heavy (non-hydrogen) atoms. The highest BCUT2D eigenvalue weighted by Gasteiger charge is 2.35. The van der Waals surface area contributed by atoms with Crippen LogP contribution in [-0.2, 0) is 19.2 Å². The van der Waals surface area contributed by atoms with E-state index in [4.69, 9.17) is 5.11 Å². The minimum Gasteiger partial charge on any atom is -0.394 e. The lowest BCUT2D eigenvalue weighted by atomic mass is 10.3. The number of hydrogen-bond donors (Lipinski definition) is 3. The van der Waals surface area contributed by atoms with Gasteiger partial charge in [0.15, 0.2) is 12.3 Å². The fraction of sp³-hybridized carbons (Fsp3) is 0.500. The first-order chi connectivity index (χ1) is 8.49. The Morgan fingerprint density at radius 1 is 1.67 bits per heavy atom. The lowest BCUT2D eigenvalue weighted by Crippen LogP contribution is -2.47. The van der Waals surface area contributed by atoms with Crippen molar-refractivity contribution in [2.24, 2.45) is 0 Å². The van der Waals surface area contributed by atoms with Crippen LogP contribution in [0.4, 0.5) is 0 Å². The summed E-state index contributed by atoms with van der Waals surface area (Å²) in [5.41, 5.74) is 0. The van der Waals surface area contributed by atoms with E-state index < -0.39 is 36.7 Å². The normalized spacial score (nSPS) is 20.4. The van der Waals surface area contributed by atoms with Crippen LogP contribution in [0.5, 0.6) is 0 Å². The largest absolute Gasteiger partial charge is 0.394 e. The van der Waals surface area contributed by atoms with E-state index in [-0.39, 0.29) is 12.8 Å². The molecule has 1 aliphatic heterocycles. The third-order valence-electron chi connectivity index (χ3n) is 2.29. The molecule has 1 heterocycles. The number of nitrogens with zero attached hydrogens (tertiary/aromatic N) is 1. The molecular weight excluding hydrogens is 244 g/mol. The fourth-order valence-corrected chi connectivity index (χ4v) is 1.33. The summed E-state index contributed by atoms with van der Waals surface area (Å²) < 4.78 is 0. The van der Waals surface area contributed by atoms with Gasteiger partial charge in [0.1, 0.15) is 0 Å². The van der Waals surface area contributed by atoms with Crippen LogP contribution in [0.3, 0.4) is 0 Å². The van der Waals surface area contributed by atoms with Crippen LogP contribution in [0, 0.1) is 0 Å². The van der Waals surface area contributed by atoms with Crippen molar-refractivity contribution in [3.05, 3.63) is 12.7 Å². The molecule has 0 bridgehead atoms. The molecule has 8 heteroatoms. The maximum absolute atomic E-state index is 11.5. The molecule has 0 aromatic carbocycles. The van der Waals surface area contributed by atoms with Crippen LogP contribution in [0.15, 0.2) is 12.7 Å². The first-order valence-electron chi connectivity index (χ1n) is 5.25. The van der Waals surface area contributed by atoms with Crippen molar-refractivity contribution in [3.63, 3.8) is 0 Å². The molecular formula is C10H14N2O6. The van der Waals surface area contributed by atoms with E-state index in [0.717, 1.165) is 6.08 Å². The molecule has 1 fully saturated rings. The van der Waals surface area contributed by atoms with Crippen LogP contribution in [0.1, 0.15) is 12.8 Å². The van der Waals surface area contributed by atoms with Crippen molar-refractivity contribution in [1.82, 2.24) is 10.4 Å². The van der Waals surface area contributed by atoms with Gasteiger partial charge in [0.2, 0.25) is 5.91 Å². The minimum absolute atomic E-state index is 0.0667. The SMILES string of the molecule is C=CC(=O)NC(CO)C(=O)ON1C(=O)CCC1O. The Bertz CT molecular complexity index is 369. The Hall–Kier alpha value is -1.93. The molecule has 0 spiro atoms. The molecule has 2 amide bonds. The maximum Gasteiger partial charge on any atom is 0.357 e. The van der Waals surface area contributed by atoms with E-state index in [1.54, 1.807) is 0 Å². The summed E-state index contributed by atoms with van der Waals surface area (Å²) in [5, 5.41) is 20.9. The molecule has 2 unspecified atom stereocenters. The van der Waals surface area contributed by atoms with Crippen molar-refractivity contribution in [3.8, 4) is 0 Å². The topological polar surface area (TPSA) is 116 Å². The van der Waals surface area contributed by atoms with Crippen molar-refractivity contribution in [1.29, 1.82) is 0 Å². The predicted molar refractivity (Wildman–Crippen MR) is 57.4 cm³/mol. The number of nitrogens with one attached hydrogen (secondary N) is 1. The second-order valence-corrected chi connectivity index (χ2v) is 3.60. The average molecular weight is 258 g/mol. The number of rotatable bonds is 5. The van der Waals surface area contributed by atoms with Crippen LogP contribution in [0.2, 0.25) is 0 Å². The van der Waals surface area contributed by atoms with E-state index >= 15 is 0 Å². The highest BCUT2D eigenvalue weighted by Crippen LogP contribution is 2.16. The molecule has 0 saturated carbocycles. The van der Waals surface area contributed by atoms with Crippen LogP contribution >= 0.6 is 0 Å². The molecule has 3 N–H and O–H groups in total. The quantitative estimate of drug-likeness (QED) is 0.493. The molecule has 1 rings (SSSR count). The third kappa shape index (κ3) is 3.28. The standard InChI is InChI=1S/C10H14N2O6/c1-2-7(14)11-6(5-13)10(17)18-12-8(15)3-4-9(12)16/h2,6,8,13,15H,1,3-5H2,(H,11,14). The number of aliphatic hydroxyl groups excluding tert-OH is 2. The molecule has 1 aliphatic rings. The van der Waals surface area contributed by atoms with E-state index in [1.165, 1.54) is 0 Å². The first-order valence-corrected chi connectivity index (χ1v) is 5.25. The highest BCUT2D eigenvalue weighted by molar-refractivity contribution is 5.91. The summed E-state index contributed by atoms with van der Waals surface area (Å²) in [6.45, 7) is 2.49. The van der Waals surface area contributed by atoms with Crippen molar-refractivity contribution in [2.45, 2.75) is 25.1 Å². The van der Waals surface area contributed by atoms with Gasteiger partial charge < -0.3 is 20.4 Å². The van der Waals surface area contributed by atoms with Crippen LogP contribution < -0.4 is 5.32 Å². The zero-order valence-corrected chi connectivity index (χ0v) is 9.54. The molecule has 2 atom stereocenters. The second kappa shape index (κ2) is 6.12. The molecule has 0 aliphatic carbocycles. The van der Waals surface area contributed by atoms with Crippen molar-refractivity contribution in [2.75, 3.05) is 6.61 Å². The second-order valence-electron chi connectivity index (χ2n) is 3.60. The number of amides is 2. The molecule has 0 radical (unpaired) electrons. The first kappa shape index (κ1) is 14.1. The van der Waals surface area contributed by atoms with Gasteiger partial charge in [0, 0.05) is 12.8 Å². The van der Waals surface area contributed by atoms with Gasteiger partial charge in [-0.3, -0.25) is 9.59 Å². The summed E-state index contributed by atoms with van der Waals surface area (Å²) in [6, 6.07) is -1.32. The number of hydroxylamine groups is 2. The molecule has 100 valence electrons. The van der Waals surface area contributed by atoms with Gasteiger partial charge in [-0.05, 0) is 6.08 Å². The smallest absolute Gasteiger partial charge is 0.357 e. The van der Waals surface area contributed by atoms with Crippen molar-refractivity contribution < 1.29 is 29.4 Å². The number of hydrogen-bond acceptors (Lipinski definition) is 6. The fourth-order valence-electron chi connectivity index (χ4n) is 1.33. The number of aliphatic hydroxyl groups is 2. The van der Waals surface area contributed by atoms with E-state index in [0.29, 0.717) is 5.06 Å². The zero-order chi connectivity index (χ0) is 13.7. The van der Waals surface area contributed by atoms with Gasteiger partial charge in [-0.15, -0.1) is 5.06 Å². The lowest BCUT2D eigenvalue weighted by Gasteiger charge is -2.21. The highest BCUT2D eigenvalue weighted by atomic mass is 16.7. The van der Waals surface area contributed by atoms with Gasteiger partial charge >= 0.3 is 5.97 Å². The summed E-state index contributed by atoms with van der Waals surface area (Å²) in [6.07, 6.45) is -0.0475. The molecule has 0 aromatic rings. The maximum atomic E-state index is 11.5. The van der Waals surface area contributed by atoms with Gasteiger partial charge in [0.05, 0.1) is 6.61 Å². The molecule has 0 aromatic heterocycles. The lowest BCUT2D eigenvalue weighted by molar-refractivity contribution is -0.222. The number of carbonyl (C=O) groups excluding carboxylic acids is 3. The average Bonchev–Trinajstić information content (AvgIpc) is 2.67. The van der Waals surface area contributed by atoms with Gasteiger partial charge in [0.25, 0.3) is 5.91 Å². The van der Waals surface area contributed by atoms with Crippen molar-refractivity contribution >= 4 is 17.8 Å². The van der Waals surface area contributed by atoms with Gasteiger partial charge in [-0.1, -0.05) is 6.58 Å². The molecule has 1 saturated heterocycles. The van der Waals surface area contributed by atoms with Gasteiger partial charge in [-0.2, -0.15) is 0 Å². The summed E-state index contributed by atoms with van der Waals surface area (Å²) in [5.74, 6) is -2.25. The van der Waals surface area contributed by atoms with E-state index in [2.05, 4.69) is 16.7 Å². The third-order valence-corrected chi connectivity index (χ3v) is 2.29. The summed E-state index contributed by atoms with van der Waals surface area (Å²) in [4.78, 5) is 38.4. The monoisotopic (exact) mass is 258 g/mol. The Morgan fingerprint density at radius 2 is 2.33 bits per heavy atom. The Kier molecular flexibility index (Phi) is 4.81. The minimum atomic E-state index is -1.32. The van der Waals surface area contributed by atoms with Crippen LogP contribution in [-0.4, -0.2) is 51.9 Å². The Labute approximate surface area is 103 Å². The number of carbonyl (C=O) groups is 3. The predicted octanol–water partition coefficient (Wildman–Crippen LogP) is -1.95. The summed E-state index contributed by atoms with van der Waals surface area (Å²) in [7, 11) is 0. The van der Waals surface area contributed by atoms with E-state index in [9.17, 15) is 19.5 Å². The van der Waals surface area contributed by atoms with Gasteiger partial charge in [-0.25, -0.2) is 4.79 Å². The van der Waals surface area contributed by atoms with E-state index in [1.807, 2.05) is 0 Å². The molecule has 8 nitrogen and oxygen atoms in total. The van der Waals surface area contributed by atoms with Crippen LogP contribution in [0.25, 0.3) is 0 Å². The summed E-state index contributed by atoms with van der Waals surface area (Å²) >= 11 is 0. The zero-order valence-electron chi connectivity index (χ0n) is 9.54.